The minimum Gasteiger partial charge on any atom is -0.508 e. The van der Waals surface area contributed by atoms with Gasteiger partial charge in [0, 0.05) is 37.5 Å². The molecule has 2 heterocycles. The van der Waals surface area contributed by atoms with Crippen molar-refractivity contribution in [2.75, 3.05) is 39.6 Å². The molecule has 0 radical (unpaired) electrons. The smallest absolute Gasteiger partial charge is 0.255 e. The number of benzene rings is 1. The van der Waals surface area contributed by atoms with E-state index in [1.54, 1.807) is 20.4 Å². The van der Waals surface area contributed by atoms with E-state index in [0.717, 1.165) is 24.1 Å². The molecule has 228 valence electrons. The number of hydrogen-bond acceptors (Lipinski definition) is 11. The standard InChI is InChI=1S/C31H36N4O8/c1-34(2)24-19-11-15-10-18-17(14-6-9-43-13-14)12-20(33-16-4-7-35(3)8-5-16)25(36)22(18)26(37)21(15)28(39)31(19,42)29(40)23(27(24)38)30(32)41/h4,7,12-13,15-16,19,24,33,36-37,40,42H,5-6,8-11H2,1-3H3,(H2,32,41)/t15-,16?,19-,24-,31-/m0/s1. The second-order valence-corrected chi connectivity index (χ2v) is 12.3. The number of aromatic hydroxyl groups is 1. The number of aliphatic hydroxyl groups is 3. The number of primary amides is 1. The molecule has 3 aliphatic carbocycles. The Balaban J connectivity index is 1.53. The third-order valence-electron chi connectivity index (χ3n) is 9.49. The highest BCUT2D eigenvalue weighted by molar-refractivity contribution is 6.24. The van der Waals surface area contributed by atoms with Crippen LogP contribution < -0.4 is 11.1 Å². The lowest BCUT2D eigenvalue weighted by Gasteiger charge is -2.50. The Labute approximate surface area is 248 Å². The first kappa shape index (κ1) is 28.8. The third kappa shape index (κ3) is 4.22. The molecule has 12 nitrogen and oxygen atoms in total. The van der Waals surface area contributed by atoms with Crippen molar-refractivity contribution in [1.29, 1.82) is 0 Å². The van der Waals surface area contributed by atoms with Gasteiger partial charge in [-0.1, -0.05) is 0 Å². The summed E-state index contributed by atoms with van der Waals surface area (Å²) < 4.78 is 5.53. The van der Waals surface area contributed by atoms with E-state index >= 15 is 0 Å². The zero-order valence-corrected chi connectivity index (χ0v) is 24.3. The lowest BCUT2D eigenvalue weighted by atomic mass is 9.57. The molecule has 1 amide bonds. The topological polar surface area (TPSA) is 186 Å². The van der Waals surface area contributed by atoms with Gasteiger partial charge in [-0.25, -0.2) is 0 Å². The predicted molar refractivity (Wildman–Crippen MR) is 157 cm³/mol. The Kier molecular flexibility index (Phi) is 6.81. The van der Waals surface area contributed by atoms with Crippen LogP contribution in [0.4, 0.5) is 5.69 Å². The van der Waals surface area contributed by atoms with Crippen LogP contribution in [0.5, 0.6) is 5.75 Å². The Bertz CT molecular complexity index is 1570. The summed E-state index contributed by atoms with van der Waals surface area (Å²) in [4.78, 5) is 43.3. The molecule has 6 rings (SSSR count). The Morgan fingerprint density at radius 2 is 1.98 bits per heavy atom. The minimum atomic E-state index is -2.68. The summed E-state index contributed by atoms with van der Waals surface area (Å²) in [6.45, 7) is 1.29. The lowest BCUT2D eigenvalue weighted by molar-refractivity contribution is -0.153. The molecule has 12 heteroatoms. The summed E-state index contributed by atoms with van der Waals surface area (Å²) in [5.74, 6) is -6.74. The van der Waals surface area contributed by atoms with Crippen molar-refractivity contribution in [1.82, 2.24) is 9.80 Å². The Morgan fingerprint density at radius 3 is 2.58 bits per heavy atom. The fourth-order valence-corrected chi connectivity index (χ4v) is 7.38. The first-order valence-electron chi connectivity index (χ1n) is 14.4. The monoisotopic (exact) mass is 592 g/mol. The molecule has 1 unspecified atom stereocenters. The van der Waals surface area contributed by atoms with E-state index in [0.29, 0.717) is 24.3 Å². The summed E-state index contributed by atoms with van der Waals surface area (Å²) in [5, 5.41) is 49.6. The second kappa shape index (κ2) is 10.2. The number of phenolic OH excluding ortho intramolecular Hbond substituents is 1. The van der Waals surface area contributed by atoms with Gasteiger partial charge >= 0.3 is 0 Å². The van der Waals surface area contributed by atoms with E-state index < -0.39 is 58.0 Å². The molecule has 1 fully saturated rings. The second-order valence-electron chi connectivity index (χ2n) is 12.3. The van der Waals surface area contributed by atoms with Crippen LogP contribution in [-0.4, -0.2) is 99.7 Å². The van der Waals surface area contributed by atoms with Gasteiger partial charge in [-0.15, -0.1) is 0 Å². The van der Waals surface area contributed by atoms with Crippen molar-refractivity contribution in [3.63, 3.8) is 0 Å². The minimum absolute atomic E-state index is 0.0297. The average Bonchev–Trinajstić information content (AvgIpc) is 3.48. The molecular weight excluding hydrogens is 556 g/mol. The molecule has 0 saturated heterocycles. The van der Waals surface area contributed by atoms with Gasteiger partial charge in [-0.3, -0.25) is 19.3 Å². The van der Waals surface area contributed by atoms with Gasteiger partial charge in [-0.05, 0) is 74.3 Å². The van der Waals surface area contributed by atoms with Gasteiger partial charge in [0.2, 0.25) is 5.78 Å². The molecule has 0 aromatic heterocycles. The molecule has 1 saturated carbocycles. The molecule has 0 spiro atoms. The predicted octanol–water partition coefficient (Wildman–Crippen LogP) is 1.35. The number of carbonyl (C=O) groups is 3. The van der Waals surface area contributed by atoms with Crippen molar-refractivity contribution in [3.8, 4) is 5.75 Å². The number of nitrogens with zero attached hydrogens (tertiary/aromatic N) is 2. The van der Waals surface area contributed by atoms with Gasteiger partial charge in [0.25, 0.3) is 5.91 Å². The fraction of sp³-hybridized carbons (Fsp3) is 0.452. The van der Waals surface area contributed by atoms with Gasteiger partial charge in [0.05, 0.1) is 30.2 Å². The molecular formula is C31H36N4O8. The van der Waals surface area contributed by atoms with Crippen LogP contribution in [-0.2, 0) is 25.5 Å². The van der Waals surface area contributed by atoms with E-state index in [4.69, 9.17) is 10.5 Å². The van der Waals surface area contributed by atoms with E-state index in [9.17, 15) is 34.8 Å². The maximum absolute atomic E-state index is 14.2. The summed E-state index contributed by atoms with van der Waals surface area (Å²) >= 11 is 0. The number of phenols is 1. The SMILES string of the molecule is CN1C=CC(Nc2cc(C3=COCC3)c3c(c2O)C(O)=C2C(=O)[C@]4(O)C(O)=C(C(N)=O)C(=O)[C@@H](N(C)C)[C@@H]4C[C@@H]2C3)CC1. The first-order chi connectivity index (χ1) is 20.4. The molecule has 1 aromatic rings. The largest absolute Gasteiger partial charge is 0.508 e. The molecule has 43 heavy (non-hydrogen) atoms. The maximum Gasteiger partial charge on any atom is 0.255 e. The maximum atomic E-state index is 14.2. The number of ketones is 2. The van der Waals surface area contributed by atoms with Crippen LogP contribution in [0.25, 0.3) is 11.3 Å². The van der Waals surface area contributed by atoms with Gasteiger partial charge in [-0.2, -0.15) is 0 Å². The number of anilines is 1. The molecule has 5 atom stereocenters. The normalized spacial score (nSPS) is 30.2. The molecule has 0 bridgehead atoms. The summed E-state index contributed by atoms with van der Waals surface area (Å²) in [6.07, 6.45) is 7.20. The molecule has 1 aromatic carbocycles. The highest BCUT2D eigenvalue weighted by Crippen LogP contribution is 2.54. The summed E-state index contributed by atoms with van der Waals surface area (Å²) in [5.41, 5.74) is 4.38. The van der Waals surface area contributed by atoms with E-state index in [1.165, 1.54) is 4.90 Å². The number of ether oxygens (including phenoxy) is 1. The number of likely N-dealkylation sites (N-methyl/N-ethyl adjacent to an activating group) is 1. The van der Waals surface area contributed by atoms with Crippen LogP contribution >= 0.6 is 0 Å². The van der Waals surface area contributed by atoms with Crippen molar-refractivity contribution in [3.05, 3.63) is 58.2 Å². The number of amides is 1. The number of fused-ring (bicyclic) bond motifs is 3. The Morgan fingerprint density at radius 1 is 1.23 bits per heavy atom. The number of Topliss-reactive ketones (excluding diaryl/α,β-unsaturated/α-hetero) is 2. The third-order valence-corrected chi connectivity index (χ3v) is 9.49. The van der Waals surface area contributed by atoms with Crippen LogP contribution in [0.1, 0.15) is 36.0 Å². The van der Waals surface area contributed by atoms with E-state index in [1.807, 2.05) is 30.3 Å². The summed E-state index contributed by atoms with van der Waals surface area (Å²) in [7, 11) is 5.12. The van der Waals surface area contributed by atoms with Crippen LogP contribution in [0, 0.1) is 11.8 Å². The molecule has 7 N–H and O–H groups in total. The lowest BCUT2D eigenvalue weighted by Crippen LogP contribution is -2.65. The number of nitrogens with one attached hydrogen (secondary N) is 1. The van der Waals surface area contributed by atoms with Crippen LogP contribution in [0.3, 0.4) is 0 Å². The highest BCUT2D eigenvalue weighted by Gasteiger charge is 2.64. The number of hydrogen-bond donors (Lipinski definition) is 6. The van der Waals surface area contributed by atoms with Crippen molar-refractivity contribution >= 4 is 34.5 Å². The number of rotatable bonds is 5. The first-order valence-corrected chi connectivity index (χ1v) is 14.4. The molecule has 2 aliphatic heterocycles. The van der Waals surface area contributed by atoms with Crippen molar-refractivity contribution < 1.29 is 39.5 Å². The highest BCUT2D eigenvalue weighted by atomic mass is 16.5. The average molecular weight is 593 g/mol. The van der Waals surface area contributed by atoms with Crippen LogP contribution in [0.2, 0.25) is 0 Å². The Hall–Kier alpha value is -4.29. The van der Waals surface area contributed by atoms with E-state index in [2.05, 4.69) is 5.32 Å². The molecule has 5 aliphatic rings. The number of carbonyl (C=O) groups excluding carboxylic acids is 3. The van der Waals surface area contributed by atoms with Gasteiger partial charge in [0.1, 0.15) is 22.8 Å². The fourth-order valence-electron chi connectivity index (χ4n) is 7.38. The van der Waals surface area contributed by atoms with Crippen molar-refractivity contribution in [2.45, 2.75) is 43.4 Å². The zero-order chi connectivity index (χ0) is 31.0. The van der Waals surface area contributed by atoms with Gasteiger partial charge < -0.3 is 41.1 Å². The van der Waals surface area contributed by atoms with E-state index in [-0.39, 0.29) is 35.8 Å². The number of aliphatic hydroxyl groups excluding tert-OH is 2. The van der Waals surface area contributed by atoms with Crippen LogP contribution in [0.15, 0.2) is 41.5 Å². The quantitative estimate of drug-likeness (QED) is 0.214. The zero-order valence-electron chi connectivity index (χ0n) is 24.3. The van der Waals surface area contributed by atoms with Gasteiger partial charge in [0.15, 0.2) is 11.4 Å². The summed E-state index contributed by atoms with van der Waals surface area (Å²) in [6, 6.07) is 0.605. The van der Waals surface area contributed by atoms with Crippen molar-refractivity contribution in [2.24, 2.45) is 17.6 Å². The number of nitrogens with two attached hydrogens (primary N) is 1.